The molecule has 0 bridgehead atoms. The van der Waals surface area contributed by atoms with Gasteiger partial charge in [-0.2, -0.15) is 5.01 Å². The molecule has 2 aromatic rings. The standard InChI is InChI=1S/C23H18Br2ClN3O6/c24-18-9-16-17(10-19(18)25)23(33)28(22(16)32)27(21(31)13-1-5-14(26)6-2-13)11-20(30)12-3-7-15(8-4-12)29(34)35/h1-8,16-19H,9-11H2/t16-,17+,18-,19-/m0/s1. The summed E-state index contributed by atoms with van der Waals surface area (Å²) >= 11 is 13.0. The molecular formula is C23H18Br2ClN3O6. The monoisotopic (exact) mass is 625 g/mol. The van der Waals surface area contributed by atoms with Gasteiger partial charge in [-0.05, 0) is 49.2 Å². The molecule has 0 aromatic heterocycles. The highest BCUT2D eigenvalue weighted by atomic mass is 79.9. The van der Waals surface area contributed by atoms with Crippen molar-refractivity contribution < 1.29 is 24.1 Å². The van der Waals surface area contributed by atoms with Crippen LogP contribution in [0.2, 0.25) is 5.02 Å². The number of nitro benzene ring substituents is 1. The molecule has 35 heavy (non-hydrogen) atoms. The third-order valence-corrected chi connectivity index (χ3v) is 9.13. The molecule has 4 atom stereocenters. The second-order valence-electron chi connectivity index (χ2n) is 8.30. The van der Waals surface area contributed by atoms with E-state index in [4.69, 9.17) is 11.6 Å². The highest BCUT2D eigenvalue weighted by Gasteiger charge is 2.54. The van der Waals surface area contributed by atoms with Crippen molar-refractivity contribution in [2.75, 3.05) is 6.54 Å². The summed E-state index contributed by atoms with van der Waals surface area (Å²) in [4.78, 5) is 63.5. The number of hydrogen-bond donors (Lipinski definition) is 0. The van der Waals surface area contributed by atoms with Gasteiger partial charge in [0.25, 0.3) is 23.4 Å². The lowest BCUT2D eigenvalue weighted by molar-refractivity contribution is -0.384. The molecule has 1 saturated carbocycles. The largest absolute Gasteiger partial charge is 0.292 e. The number of fused-ring (bicyclic) bond motifs is 1. The summed E-state index contributed by atoms with van der Waals surface area (Å²) in [6, 6.07) is 10.7. The number of amides is 3. The molecular weight excluding hydrogens is 610 g/mol. The molecule has 2 fully saturated rings. The molecule has 4 rings (SSSR count). The van der Waals surface area contributed by atoms with E-state index >= 15 is 0 Å². The number of hydrazine groups is 1. The zero-order valence-corrected chi connectivity index (χ0v) is 21.9. The number of rotatable bonds is 6. The molecule has 0 spiro atoms. The quantitative estimate of drug-likeness (QED) is 0.154. The summed E-state index contributed by atoms with van der Waals surface area (Å²) in [5.74, 6) is -3.62. The van der Waals surface area contributed by atoms with E-state index in [1.54, 1.807) is 0 Å². The van der Waals surface area contributed by atoms with Gasteiger partial charge < -0.3 is 0 Å². The van der Waals surface area contributed by atoms with E-state index in [0.29, 0.717) is 17.9 Å². The molecule has 3 amide bonds. The Hall–Kier alpha value is -2.63. The smallest absolute Gasteiger partial charge is 0.273 e. The zero-order valence-electron chi connectivity index (χ0n) is 18.0. The van der Waals surface area contributed by atoms with Crippen molar-refractivity contribution in [2.45, 2.75) is 22.5 Å². The minimum atomic E-state index is -0.719. The van der Waals surface area contributed by atoms with Crippen LogP contribution in [0, 0.1) is 22.0 Å². The second kappa shape index (κ2) is 10.2. The lowest BCUT2D eigenvalue weighted by Crippen LogP contribution is -2.52. The topological polar surface area (TPSA) is 118 Å². The van der Waals surface area contributed by atoms with E-state index in [1.807, 2.05) is 0 Å². The van der Waals surface area contributed by atoms with Crippen LogP contribution in [0.15, 0.2) is 48.5 Å². The first-order valence-electron chi connectivity index (χ1n) is 10.6. The Morgan fingerprint density at radius 1 is 0.943 bits per heavy atom. The number of halogens is 3. The minimum Gasteiger partial charge on any atom is -0.292 e. The van der Waals surface area contributed by atoms with Crippen LogP contribution in [0.1, 0.15) is 33.6 Å². The Morgan fingerprint density at radius 3 is 1.91 bits per heavy atom. The maximum absolute atomic E-state index is 13.5. The third-order valence-electron chi connectivity index (χ3n) is 6.15. The summed E-state index contributed by atoms with van der Waals surface area (Å²) < 4.78 is 0. The Morgan fingerprint density at radius 2 is 1.43 bits per heavy atom. The molecule has 1 heterocycles. The second-order valence-corrected chi connectivity index (χ2v) is 11.1. The van der Waals surface area contributed by atoms with E-state index in [0.717, 1.165) is 10.0 Å². The van der Waals surface area contributed by atoms with Crippen molar-refractivity contribution in [1.29, 1.82) is 0 Å². The number of carbonyl (C=O) groups is 4. The van der Waals surface area contributed by atoms with Crippen molar-refractivity contribution in [3.63, 3.8) is 0 Å². The molecule has 1 aliphatic carbocycles. The third kappa shape index (κ3) is 5.03. The number of benzene rings is 2. The van der Waals surface area contributed by atoms with Crippen molar-refractivity contribution in [1.82, 2.24) is 10.0 Å². The van der Waals surface area contributed by atoms with E-state index in [-0.39, 0.29) is 26.5 Å². The average molecular weight is 628 g/mol. The molecule has 2 aromatic carbocycles. The normalized spacial score (nSPS) is 23.7. The highest BCUT2D eigenvalue weighted by Crippen LogP contribution is 2.43. The van der Waals surface area contributed by atoms with E-state index in [1.165, 1.54) is 48.5 Å². The van der Waals surface area contributed by atoms with Crippen LogP contribution in [0.3, 0.4) is 0 Å². The summed E-state index contributed by atoms with van der Waals surface area (Å²) in [6.45, 7) is -0.605. The van der Waals surface area contributed by atoms with Crippen molar-refractivity contribution >= 4 is 72.7 Å². The average Bonchev–Trinajstić information content (AvgIpc) is 3.07. The predicted octanol–water partition coefficient (Wildman–Crippen LogP) is 4.41. The molecule has 1 saturated heterocycles. The first-order valence-corrected chi connectivity index (χ1v) is 12.8. The van der Waals surface area contributed by atoms with Gasteiger partial charge in [-0.1, -0.05) is 43.5 Å². The van der Waals surface area contributed by atoms with Crippen molar-refractivity contribution in [2.24, 2.45) is 11.8 Å². The van der Waals surface area contributed by atoms with E-state index in [2.05, 4.69) is 31.9 Å². The van der Waals surface area contributed by atoms with Gasteiger partial charge in [0.05, 0.1) is 16.8 Å². The molecule has 0 unspecified atom stereocenters. The summed E-state index contributed by atoms with van der Waals surface area (Å²) in [7, 11) is 0. The molecule has 9 nitrogen and oxygen atoms in total. The van der Waals surface area contributed by atoms with Gasteiger partial charge in [-0.3, -0.25) is 29.3 Å². The molecule has 0 radical (unpaired) electrons. The Bertz CT molecular complexity index is 1180. The van der Waals surface area contributed by atoms with Gasteiger partial charge in [0.2, 0.25) is 0 Å². The fourth-order valence-electron chi connectivity index (χ4n) is 4.29. The predicted molar refractivity (Wildman–Crippen MR) is 133 cm³/mol. The Balaban J connectivity index is 1.67. The lowest BCUT2D eigenvalue weighted by Gasteiger charge is -2.30. The number of ketones is 1. The van der Waals surface area contributed by atoms with Crippen LogP contribution >= 0.6 is 43.5 Å². The maximum Gasteiger partial charge on any atom is 0.273 e. The van der Waals surface area contributed by atoms with E-state index in [9.17, 15) is 29.3 Å². The Kier molecular flexibility index (Phi) is 7.39. The van der Waals surface area contributed by atoms with E-state index < -0.39 is 46.8 Å². The number of imide groups is 1. The summed E-state index contributed by atoms with van der Waals surface area (Å²) in [5, 5.41) is 13.0. The molecule has 182 valence electrons. The number of non-ortho nitro benzene ring substituents is 1. The number of nitrogens with zero attached hydrogens (tertiary/aromatic N) is 3. The molecule has 12 heteroatoms. The van der Waals surface area contributed by atoms with Gasteiger partial charge >= 0.3 is 0 Å². The Labute approximate surface area is 221 Å². The van der Waals surface area contributed by atoms with Crippen LogP contribution in [0.5, 0.6) is 0 Å². The number of Topliss-reactive ketones (excluding diaryl/α,β-unsaturated/α-hetero) is 1. The summed E-state index contributed by atoms with van der Waals surface area (Å²) in [5.41, 5.74) is 0.0402. The number of hydrogen-bond acceptors (Lipinski definition) is 6. The van der Waals surface area contributed by atoms with Crippen LogP contribution in [0.25, 0.3) is 0 Å². The maximum atomic E-state index is 13.5. The van der Waals surface area contributed by atoms with Crippen molar-refractivity contribution in [3.8, 4) is 0 Å². The molecule has 0 N–H and O–H groups in total. The van der Waals surface area contributed by atoms with Crippen LogP contribution in [-0.2, 0) is 9.59 Å². The zero-order chi connectivity index (χ0) is 25.4. The fraction of sp³-hybridized carbons (Fsp3) is 0.304. The molecule has 2 aliphatic rings. The SMILES string of the molecule is O=C(CN(C(=O)c1ccc(Cl)cc1)N1C(=O)[C@H]2C[C@H](Br)[C@@H](Br)C[C@H]2C1=O)c1ccc([N+](=O)[O-])cc1. The van der Waals surface area contributed by atoms with Gasteiger partial charge in [-0.15, -0.1) is 0 Å². The lowest BCUT2D eigenvalue weighted by atomic mass is 9.81. The minimum absolute atomic E-state index is 0.0254. The van der Waals surface area contributed by atoms with Gasteiger partial charge in [0.1, 0.15) is 6.54 Å². The van der Waals surface area contributed by atoms with Gasteiger partial charge in [-0.25, -0.2) is 5.01 Å². The van der Waals surface area contributed by atoms with Crippen LogP contribution in [0.4, 0.5) is 5.69 Å². The fourth-order valence-corrected chi connectivity index (χ4v) is 5.65. The van der Waals surface area contributed by atoms with Crippen LogP contribution < -0.4 is 0 Å². The molecule has 1 aliphatic heterocycles. The summed E-state index contributed by atoms with van der Waals surface area (Å²) in [6.07, 6.45) is 0.807. The number of nitro groups is 1. The van der Waals surface area contributed by atoms with Gasteiger partial charge in [0.15, 0.2) is 5.78 Å². The van der Waals surface area contributed by atoms with Crippen molar-refractivity contribution in [3.05, 3.63) is 74.8 Å². The number of alkyl halides is 2. The highest BCUT2D eigenvalue weighted by molar-refractivity contribution is 9.12. The first-order chi connectivity index (χ1) is 16.6. The van der Waals surface area contributed by atoms with Gasteiger partial charge in [0, 0.05) is 37.9 Å². The van der Waals surface area contributed by atoms with Crippen LogP contribution in [-0.4, -0.2) is 54.6 Å². The number of carbonyl (C=O) groups excluding carboxylic acids is 4. The first kappa shape index (κ1) is 25.5.